The molecule has 0 saturated heterocycles. The van der Waals surface area contributed by atoms with Gasteiger partial charge in [-0.3, -0.25) is 9.69 Å². The summed E-state index contributed by atoms with van der Waals surface area (Å²) in [7, 11) is 0. The largest absolute Gasteiger partial charge is 0.465 e. The first-order valence-electron chi connectivity index (χ1n) is 6.07. The van der Waals surface area contributed by atoms with Gasteiger partial charge in [0.05, 0.1) is 11.6 Å². The maximum Gasteiger partial charge on any atom is 0.323 e. The Morgan fingerprint density at radius 2 is 2.00 bits per heavy atom. The van der Waals surface area contributed by atoms with Gasteiger partial charge in [0, 0.05) is 19.5 Å². The lowest BCUT2D eigenvalue weighted by Gasteiger charge is -2.28. The smallest absolute Gasteiger partial charge is 0.323 e. The minimum atomic E-state index is -0.244. The molecular weight excluding hydrogens is 236 g/mol. The predicted molar refractivity (Wildman–Crippen MR) is 73.9 cm³/mol. The van der Waals surface area contributed by atoms with Crippen LogP contribution in [0.25, 0.3) is 0 Å². The third-order valence-corrected chi connectivity index (χ3v) is 2.62. The molecule has 0 aromatic rings. The number of thiocarbonyl (C=S) groups is 1. The van der Waals surface area contributed by atoms with Crippen molar-refractivity contribution in [1.29, 1.82) is 0 Å². The Hall–Kier alpha value is -0.680. The maximum atomic E-state index is 11.7. The predicted octanol–water partition coefficient (Wildman–Crippen LogP) is 1.57. The molecule has 2 N–H and O–H groups in total. The number of ether oxygens (including phenoxy) is 1. The van der Waals surface area contributed by atoms with Crippen LogP contribution < -0.4 is 5.73 Å². The number of esters is 1. The number of hydrogen-bond acceptors (Lipinski definition) is 4. The molecule has 0 aromatic carbocycles. The Balaban J connectivity index is 4.43. The number of carbonyl (C=O) groups is 1. The molecule has 5 heteroatoms. The zero-order valence-corrected chi connectivity index (χ0v) is 12.0. The monoisotopic (exact) mass is 260 g/mol. The fraction of sp³-hybridized carbons (Fsp3) is 0.833. The van der Waals surface area contributed by atoms with Gasteiger partial charge in [-0.15, -0.1) is 0 Å². The van der Waals surface area contributed by atoms with E-state index in [1.54, 1.807) is 0 Å². The second-order valence-corrected chi connectivity index (χ2v) is 5.06. The van der Waals surface area contributed by atoms with E-state index in [1.807, 2.05) is 13.8 Å². The Morgan fingerprint density at radius 3 is 2.41 bits per heavy atom. The van der Waals surface area contributed by atoms with E-state index in [9.17, 15) is 4.79 Å². The van der Waals surface area contributed by atoms with Crippen LogP contribution in [0.1, 0.15) is 34.1 Å². The van der Waals surface area contributed by atoms with Gasteiger partial charge in [0.15, 0.2) is 0 Å². The fourth-order valence-electron chi connectivity index (χ4n) is 1.58. The Bertz CT molecular complexity index is 257. The highest BCUT2D eigenvalue weighted by atomic mass is 32.1. The molecule has 0 spiro atoms. The second-order valence-electron chi connectivity index (χ2n) is 4.53. The molecule has 1 unspecified atom stereocenters. The molecule has 0 aromatic heterocycles. The van der Waals surface area contributed by atoms with Crippen molar-refractivity contribution in [2.45, 2.75) is 40.2 Å². The van der Waals surface area contributed by atoms with Crippen LogP contribution in [0.4, 0.5) is 0 Å². The van der Waals surface area contributed by atoms with E-state index < -0.39 is 0 Å². The fourth-order valence-corrected chi connectivity index (χ4v) is 1.67. The topological polar surface area (TPSA) is 55.6 Å². The number of hydrogen-bond donors (Lipinski definition) is 1. The van der Waals surface area contributed by atoms with Gasteiger partial charge in [0.25, 0.3) is 0 Å². The Morgan fingerprint density at radius 1 is 1.41 bits per heavy atom. The molecule has 0 fully saturated rings. The van der Waals surface area contributed by atoms with E-state index in [-0.39, 0.29) is 12.0 Å². The summed E-state index contributed by atoms with van der Waals surface area (Å²) in [5, 5.41) is 0. The summed E-state index contributed by atoms with van der Waals surface area (Å²) >= 11 is 4.87. The quantitative estimate of drug-likeness (QED) is 0.530. The van der Waals surface area contributed by atoms with Gasteiger partial charge in [0.1, 0.15) is 6.04 Å². The summed E-state index contributed by atoms with van der Waals surface area (Å²) < 4.78 is 5.03. The van der Waals surface area contributed by atoms with Gasteiger partial charge in [0.2, 0.25) is 0 Å². The van der Waals surface area contributed by atoms with Crippen molar-refractivity contribution in [3.05, 3.63) is 0 Å². The van der Waals surface area contributed by atoms with E-state index in [0.717, 1.165) is 6.54 Å². The van der Waals surface area contributed by atoms with Crippen molar-refractivity contribution >= 4 is 23.2 Å². The number of carbonyl (C=O) groups excluding carboxylic acids is 1. The average molecular weight is 260 g/mol. The molecule has 0 saturated carbocycles. The summed E-state index contributed by atoms with van der Waals surface area (Å²) in [5.41, 5.74) is 5.50. The lowest BCUT2D eigenvalue weighted by Crippen LogP contribution is -2.43. The molecule has 0 rings (SSSR count). The van der Waals surface area contributed by atoms with Crippen LogP contribution in [-0.4, -0.2) is 41.6 Å². The SMILES string of the molecule is CCOC(=O)C(C)N(CCC(N)=S)CC(C)C. The third-order valence-electron chi connectivity index (χ3n) is 2.42. The normalized spacial score (nSPS) is 12.8. The molecule has 0 aliphatic rings. The zero-order valence-electron chi connectivity index (χ0n) is 11.2. The van der Waals surface area contributed by atoms with E-state index in [4.69, 9.17) is 22.7 Å². The van der Waals surface area contributed by atoms with Gasteiger partial charge in [-0.25, -0.2) is 0 Å². The van der Waals surface area contributed by atoms with Crippen LogP contribution in [0, 0.1) is 5.92 Å². The van der Waals surface area contributed by atoms with Crippen molar-refractivity contribution < 1.29 is 9.53 Å². The highest BCUT2D eigenvalue weighted by Gasteiger charge is 2.22. The van der Waals surface area contributed by atoms with Gasteiger partial charge in [-0.2, -0.15) is 0 Å². The van der Waals surface area contributed by atoms with Gasteiger partial charge < -0.3 is 10.5 Å². The van der Waals surface area contributed by atoms with E-state index in [2.05, 4.69) is 18.7 Å². The summed E-state index contributed by atoms with van der Waals surface area (Å²) in [6.07, 6.45) is 0.631. The number of nitrogens with two attached hydrogens (primary N) is 1. The molecular formula is C12H24N2O2S. The summed E-state index contributed by atoms with van der Waals surface area (Å²) in [6, 6.07) is -0.244. The van der Waals surface area contributed by atoms with Gasteiger partial charge in [-0.1, -0.05) is 26.1 Å². The Labute approximate surface area is 109 Å². The lowest BCUT2D eigenvalue weighted by molar-refractivity contribution is -0.149. The van der Waals surface area contributed by atoms with Crippen molar-refractivity contribution in [2.75, 3.05) is 19.7 Å². The summed E-state index contributed by atoms with van der Waals surface area (Å²) in [5.74, 6) is 0.300. The van der Waals surface area contributed by atoms with Crippen LogP contribution in [0.3, 0.4) is 0 Å². The standard InChI is InChI=1S/C12H24N2O2S/c1-5-16-12(15)10(4)14(8-9(2)3)7-6-11(13)17/h9-10H,5-8H2,1-4H3,(H2,13,17). The molecule has 1 atom stereocenters. The first-order chi connectivity index (χ1) is 7.88. The lowest BCUT2D eigenvalue weighted by atomic mass is 10.1. The zero-order chi connectivity index (χ0) is 13.4. The van der Waals surface area contributed by atoms with Crippen molar-refractivity contribution in [2.24, 2.45) is 11.7 Å². The second kappa shape index (κ2) is 8.42. The highest BCUT2D eigenvalue weighted by Crippen LogP contribution is 2.07. The van der Waals surface area contributed by atoms with Crippen molar-refractivity contribution in [1.82, 2.24) is 4.90 Å². The van der Waals surface area contributed by atoms with Gasteiger partial charge >= 0.3 is 5.97 Å². The van der Waals surface area contributed by atoms with Crippen LogP contribution in [0.5, 0.6) is 0 Å². The molecule has 0 radical (unpaired) electrons. The highest BCUT2D eigenvalue weighted by molar-refractivity contribution is 7.80. The molecule has 100 valence electrons. The Kier molecular flexibility index (Phi) is 8.08. The first kappa shape index (κ1) is 16.3. The molecule has 17 heavy (non-hydrogen) atoms. The van der Waals surface area contributed by atoms with E-state index in [0.29, 0.717) is 30.5 Å². The molecule has 4 nitrogen and oxygen atoms in total. The maximum absolute atomic E-state index is 11.7. The minimum absolute atomic E-state index is 0.184. The van der Waals surface area contributed by atoms with Crippen LogP contribution in [0.2, 0.25) is 0 Å². The first-order valence-corrected chi connectivity index (χ1v) is 6.48. The van der Waals surface area contributed by atoms with Crippen LogP contribution in [-0.2, 0) is 9.53 Å². The van der Waals surface area contributed by atoms with Crippen molar-refractivity contribution in [3.8, 4) is 0 Å². The van der Waals surface area contributed by atoms with Gasteiger partial charge in [-0.05, 0) is 19.8 Å². The van der Waals surface area contributed by atoms with Crippen LogP contribution in [0.15, 0.2) is 0 Å². The molecule has 0 bridgehead atoms. The average Bonchev–Trinajstić information content (AvgIpc) is 2.22. The van der Waals surface area contributed by atoms with Crippen molar-refractivity contribution in [3.63, 3.8) is 0 Å². The van der Waals surface area contributed by atoms with E-state index >= 15 is 0 Å². The molecule has 0 aliphatic carbocycles. The van der Waals surface area contributed by atoms with Crippen LogP contribution >= 0.6 is 12.2 Å². The molecule has 0 heterocycles. The third kappa shape index (κ3) is 7.28. The number of rotatable bonds is 8. The summed E-state index contributed by atoms with van der Waals surface area (Å²) in [4.78, 5) is 14.2. The molecule has 0 amide bonds. The molecule has 0 aliphatic heterocycles. The number of nitrogens with zero attached hydrogens (tertiary/aromatic N) is 1. The van der Waals surface area contributed by atoms with E-state index in [1.165, 1.54) is 0 Å². The summed E-state index contributed by atoms with van der Waals surface area (Å²) in [6.45, 7) is 9.85. The minimum Gasteiger partial charge on any atom is -0.465 e.